The van der Waals surface area contributed by atoms with Gasteiger partial charge in [-0.15, -0.1) is 0 Å². The van der Waals surface area contributed by atoms with Crippen LogP contribution in [0.5, 0.6) is 11.5 Å². The minimum absolute atomic E-state index is 0.496. The van der Waals surface area contributed by atoms with E-state index in [1.165, 1.54) is 51.4 Å². The van der Waals surface area contributed by atoms with E-state index in [0.717, 1.165) is 41.0 Å². The third kappa shape index (κ3) is 6.57. The summed E-state index contributed by atoms with van der Waals surface area (Å²) in [4.78, 5) is 0. The number of aliphatic hydroxyl groups is 1. The molecular weight excluding hydrogens is 336 g/mol. The first-order valence-electron chi connectivity index (χ1n) is 11.0. The monoisotopic (exact) mass is 374 g/mol. The van der Waals surface area contributed by atoms with Crippen LogP contribution in [0.25, 0.3) is 6.08 Å². The summed E-state index contributed by atoms with van der Waals surface area (Å²) >= 11 is 0. The van der Waals surface area contributed by atoms with Gasteiger partial charge < -0.3 is 14.6 Å². The number of fused-ring (bicyclic) bond motifs is 1. The summed E-state index contributed by atoms with van der Waals surface area (Å²) in [5.41, 5.74) is 3.15. The first kappa shape index (κ1) is 21.8. The van der Waals surface area contributed by atoms with E-state index in [1.54, 1.807) is 0 Å². The Balaban J connectivity index is 1.80. The van der Waals surface area contributed by atoms with Gasteiger partial charge in [0.05, 0.1) is 13.2 Å². The smallest absolute Gasteiger partial charge is 0.161 e. The Bertz CT molecular complexity index is 592. The van der Waals surface area contributed by atoms with Gasteiger partial charge in [-0.3, -0.25) is 0 Å². The van der Waals surface area contributed by atoms with Crippen LogP contribution >= 0.6 is 0 Å². The average molecular weight is 375 g/mol. The van der Waals surface area contributed by atoms with E-state index in [0.29, 0.717) is 13.2 Å². The van der Waals surface area contributed by atoms with Crippen LogP contribution in [0.3, 0.4) is 0 Å². The van der Waals surface area contributed by atoms with Gasteiger partial charge in [0.1, 0.15) is 6.10 Å². The number of rotatable bonds is 14. The molecule has 1 aliphatic carbocycles. The largest absolute Gasteiger partial charge is 0.490 e. The summed E-state index contributed by atoms with van der Waals surface area (Å²) in [5, 5.41) is 10.7. The first-order valence-corrected chi connectivity index (χ1v) is 11.0. The number of aliphatic hydroxyl groups excluding tert-OH is 1. The van der Waals surface area contributed by atoms with Crippen LogP contribution in [0.2, 0.25) is 0 Å². The molecule has 1 aromatic rings. The van der Waals surface area contributed by atoms with Gasteiger partial charge in [-0.2, -0.15) is 0 Å². The minimum atomic E-state index is -0.496. The van der Waals surface area contributed by atoms with Crippen LogP contribution in [0.4, 0.5) is 0 Å². The fraction of sp³-hybridized carbons (Fsp3) is 0.667. The van der Waals surface area contributed by atoms with E-state index in [1.807, 2.05) is 26.0 Å². The molecule has 3 heteroatoms. The normalized spacial score (nSPS) is 15.6. The van der Waals surface area contributed by atoms with Gasteiger partial charge in [-0.25, -0.2) is 0 Å². The molecular formula is C24H38O3. The SMILES string of the molecule is CCCCCCCCCCCC1=Cc2cc(OCC)c(OCC)cc2C1O. The summed E-state index contributed by atoms with van der Waals surface area (Å²) < 4.78 is 11.4. The van der Waals surface area contributed by atoms with Crippen molar-refractivity contribution in [3.63, 3.8) is 0 Å². The Morgan fingerprint density at radius 3 is 1.93 bits per heavy atom. The summed E-state index contributed by atoms with van der Waals surface area (Å²) in [6.07, 6.45) is 14.5. The highest BCUT2D eigenvalue weighted by Crippen LogP contribution is 2.42. The van der Waals surface area contributed by atoms with E-state index in [-0.39, 0.29) is 0 Å². The zero-order valence-electron chi connectivity index (χ0n) is 17.6. The number of hydrogen-bond acceptors (Lipinski definition) is 3. The van der Waals surface area contributed by atoms with Crippen molar-refractivity contribution in [1.29, 1.82) is 0 Å². The maximum absolute atomic E-state index is 10.7. The summed E-state index contributed by atoms with van der Waals surface area (Å²) in [5.74, 6) is 1.50. The Morgan fingerprint density at radius 1 is 0.778 bits per heavy atom. The van der Waals surface area contributed by atoms with Crippen molar-refractivity contribution in [3.05, 3.63) is 28.8 Å². The molecule has 1 aromatic carbocycles. The molecule has 2 rings (SSSR count). The highest BCUT2D eigenvalue weighted by atomic mass is 16.5. The number of unbranched alkanes of at least 4 members (excludes halogenated alkanes) is 8. The average Bonchev–Trinajstić information content (AvgIpc) is 2.96. The van der Waals surface area contributed by atoms with Gasteiger partial charge in [0.2, 0.25) is 0 Å². The van der Waals surface area contributed by atoms with E-state index in [4.69, 9.17) is 9.47 Å². The maximum Gasteiger partial charge on any atom is 0.161 e. The Hall–Kier alpha value is -1.48. The lowest BCUT2D eigenvalue weighted by Crippen LogP contribution is -2.02. The molecule has 1 unspecified atom stereocenters. The third-order valence-electron chi connectivity index (χ3n) is 5.30. The van der Waals surface area contributed by atoms with Crippen LogP contribution in [0.1, 0.15) is 102 Å². The molecule has 1 N–H and O–H groups in total. The number of ether oxygens (including phenoxy) is 2. The molecule has 0 saturated carbocycles. The maximum atomic E-state index is 10.7. The number of hydrogen-bond donors (Lipinski definition) is 1. The van der Waals surface area contributed by atoms with Gasteiger partial charge in [0.25, 0.3) is 0 Å². The standard InChI is InChI=1S/C24H38O3/c1-4-7-8-9-10-11-12-13-14-15-19-16-20-17-22(26-5-2)23(27-6-3)18-21(20)24(19)25/h16-18,24-25H,4-15H2,1-3H3. The molecule has 0 aliphatic heterocycles. The van der Waals surface area contributed by atoms with Crippen molar-refractivity contribution in [2.24, 2.45) is 0 Å². The first-order chi connectivity index (χ1) is 13.2. The molecule has 1 aliphatic rings. The zero-order chi connectivity index (χ0) is 19.5. The van der Waals surface area contributed by atoms with Crippen molar-refractivity contribution in [1.82, 2.24) is 0 Å². The topological polar surface area (TPSA) is 38.7 Å². The van der Waals surface area contributed by atoms with Crippen LogP contribution in [0, 0.1) is 0 Å². The van der Waals surface area contributed by atoms with Gasteiger partial charge in [0.15, 0.2) is 11.5 Å². The lowest BCUT2D eigenvalue weighted by molar-refractivity contribution is 0.213. The summed E-state index contributed by atoms with van der Waals surface area (Å²) in [6.45, 7) is 7.40. The molecule has 3 nitrogen and oxygen atoms in total. The zero-order valence-corrected chi connectivity index (χ0v) is 17.6. The molecule has 0 aromatic heterocycles. The third-order valence-corrected chi connectivity index (χ3v) is 5.30. The summed E-state index contributed by atoms with van der Waals surface area (Å²) in [7, 11) is 0. The van der Waals surface area contributed by atoms with Crippen molar-refractivity contribution < 1.29 is 14.6 Å². The van der Waals surface area contributed by atoms with Crippen LogP contribution in [0.15, 0.2) is 17.7 Å². The van der Waals surface area contributed by atoms with E-state index in [9.17, 15) is 5.11 Å². The molecule has 0 saturated heterocycles. The highest BCUT2D eigenvalue weighted by Gasteiger charge is 2.25. The van der Waals surface area contributed by atoms with Crippen molar-refractivity contribution >= 4 is 6.08 Å². The van der Waals surface area contributed by atoms with Crippen molar-refractivity contribution in [2.45, 2.75) is 91.1 Å². The quantitative estimate of drug-likeness (QED) is 0.362. The lowest BCUT2D eigenvalue weighted by atomic mass is 10.0. The predicted molar refractivity (Wildman–Crippen MR) is 114 cm³/mol. The highest BCUT2D eigenvalue weighted by molar-refractivity contribution is 5.69. The second-order valence-corrected chi connectivity index (χ2v) is 7.49. The molecule has 1 atom stereocenters. The fourth-order valence-corrected chi connectivity index (χ4v) is 3.82. The number of benzene rings is 1. The van der Waals surface area contributed by atoms with Crippen LogP contribution in [-0.4, -0.2) is 18.3 Å². The molecule has 0 radical (unpaired) electrons. The predicted octanol–water partition coefficient (Wildman–Crippen LogP) is 6.84. The minimum Gasteiger partial charge on any atom is -0.490 e. The molecule has 0 fully saturated rings. The van der Waals surface area contributed by atoms with Crippen molar-refractivity contribution in [2.75, 3.05) is 13.2 Å². The molecule has 27 heavy (non-hydrogen) atoms. The molecule has 0 heterocycles. The van der Waals surface area contributed by atoms with E-state index < -0.39 is 6.10 Å². The fourth-order valence-electron chi connectivity index (χ4n) is 3.82. The lowest BCUT2D eigenvalue weighted by Gasteiger charge is -2.15. The van der Waals surface area contributed by atoms with Gasteiger partial charge >= 0.3 is 0 Å². The van der Waals surface area contributed by atoms with Crippen molar-refractivity contribution in [3.8, 4) is 11.5 Å². The van der Waals surface area contributed by atoms with Crippen LogP contribution < -0.4 is 9.47 Å². The Kier molecular flexibility index (Phi) is 9.75. The van der Waals surface area contributed by atoms with E-state index in [2.05, 4.69) is 13.0 Å². The van der Waals surface area contributed by atoms with Crippen LogP contribution in [-0.2, 0) is 0 Å². The van der Waals surface area contributed by atoms with Gasteiger partial charge in [0, 0.05) is 0 Å². The molecule has 152 valence electrons. The molecule has 0 bridgehead atoms. The Labute approximate surface area is 165 Å². The Morgan fingerprint density at radius 2 is 1.33 bits per heavy atom. The second kappa shape index (κ2) is 12.1. The summed E-state index contributed by atoms with van der Waals surface area (Å²) in [6, 6.07) is 3.96. The van der Waals surface area contributed by atoms with Gasteiger partial charge in [-0.1, -0.05) is 64.4 Å². The second-order valence-electron chi connectivity index (χ2n) is 7.49. The van der Waals surface area contributed by atoms with Gasteiger partial charge in [-0.05, 0) is 55.5 Å². The molecule has 0 amide bonds. The molecule has 0 spiro atoms. The van der Waals surface area contributed by atoms with E-state index >= 15 is 0 Å².